The zero-order valence-corrected chi connectivity index (χ0v) is 13.9. The third-order valence-electron chi connectivity index (χ3n) is 4.68. The summed E-state index contributed by atoms with van der Waals surface area (Å²) in [6, 6.07) is 6.45. The normalized spacial score (nSPS) is 20.6. The van der Waals surface area contributed by atoms with Crippen molar-refractivity contribution in [3.05, 3.63) is 30.1 Å². The number of aromatic nitrogens is 5. The number of nitrogens with two attached hydrogens (primary N) is 1. The van der Waals surface area contributed by atoms with Crippen molar-refractivity contribution in [1.82, 2.24) is 24.7 Å². The average Bonchev–Trinajstić information content (AvgIpc) is 3.11. The quantitative estimate of drug-likeness (QED) is 0.766. The van der Waals surface area contributed by atoms with E-state index in [4.69, 9.17) is 10.7 Å². The molecule has 3 aromatic heterocycles. The number of rotatable bonds is 3. The lowest BCUT2D eigenvalue weighted by Gasteiger charge is -2.12. The molecular formula is C17H21N7. The van der Waals surface area contributed by atoms with E-state index in [0.717, 1.165) is 47.4 Å². The Morgan fingerprint density at radius 3 is 2.79 bits per heavy atom. The van der Waals surface area contributed by atoms with Crippen LogP contribution in [0.2, 0.25) is 0 Å². The molecule has 1 aliphatic carbocycles. The van der Waals surface area contributed by atoms with Crippen molar-refractivity contribution < 1.29 is 0 Å². The molecule has 4 rings (SSSR count). The van der Waals surface area contributed by atoms with Crippen LogP contribution in [0.4, 0.5) is 5.95 Å². The van der Waals surface area contributed by atoms with Gasteiger partial charge in [-0.25, -0.2) is 15.0 Å². The van der Waals surface area contributed by atoms with Gasteiger partial charge in [0.1, 0.15) is 11.0 Å². The van der Waals surface area contributed by atoms with Crippen molar-refractivity contribution in [2.24, 2.45) is 12.8 Å². The Morgan fingerprint density at radius 1 is 1.17 bits per heavy atom. The lowest BCUT2D eigenvalue weighted by atomic mass is 10.2. The lowest BCUT2D eigenvalue weighted by molar-refractivity contribution is 0.685. The molecule has 0 amide bonds. The first-order valence-corrected chi connectivity index (χ1v) is 8.26. The third kappa shape index (κ3) is 2.71. The van der Waals surface area contributed by atoms with Crippen molar-refractivity contribution in [3.8, 4) is 11.4 Å². The summed E-state index contributed by atoms with van der Waals surface area (Å²) < 4.78 is 1.84. The zero-order valence-electron chi connectivity index (χ0n) is 13.9. The molecule has 0 aliphatic heterocycles. The fraction of sp³-hybridized carbons (Fsp3) is 0.412. The maximum Gasteiger partial charge on any atom is 0.223 e. The molecule has 0 aromatic carbocycles. The van der Waals surface area contributed by atoms with E-state index < -0.39 is 0 Å². The third-order valence-corrected chi connectivity index (χ3v) is 4.68. The molecule has 1 saturated carbocycles. The largest absolute Gasteiger partial charge is 0.351 e. The SMILES string of the molecule is Cc1c2nc(-c3ccnc(N[C@H]4CC[C@H](N)C4)n3)ccc2nn1C. The number of hydrogen-bond donors (Lipinski definition) is 2. The number of nitrogens with zero attached hydrogens (tertiary/aromatic N) is 5. The summed E-state index contributed by atoms with van der Waals surface area (Å²) in [7, 11) is 1.93. The molecule has 3 N–H and O–H groups in total. The van der Waals surface area contributed by atoms with Crippen LogP contribution in [-0.4, -0.2) is 36.8 Å². The molecule has 0 bridgehead atoms. The number of aryl methyl sites for hydroxylation is 2. The molecule has 24 heavy (non-hydrogen) atoms. The predicted molar refractivity (Wildman–Crippen MR) is 93.5 cm³/mol. The van der Waals surface area contributed by atoms with Gasteiger partial charge in [-0.05, 0) is 44.4 Å². The molecule has 1 aliphatic rings. The van der Waals surface area contributed by atoms with Crippen molar-refractivity contribution in [1.29, 1.82) is 0 Å². The summed E-state index contributed by atoms with van der Waals surface area (Å²) in [6.07, 6.45) is 4.85. The number of fused-ring (bicyclic) bond motifs is 1. The summed E-state index contributed by atoms with van der Waals surface area (Å²) in [5.41, 5.74) is 10.4. The minimum Gasteiger partial charge on any atom is -0.351 e. The second-order valence-corrected chi connectivity index (χ2v) is 6.45. The molecule has 0 unspecified atom stereocenters. The molecule has 3 aromatic rings. The van der Waals surface area contributed by atoms with Crippen LogP contribution in [0.5, 0.6) is 0 Å². The molecule has 124 valence electrons. The minimum absolute atomic E-state index is 0.281. The number of pyridine rings is 1. The van der Waals surface area contributed by atoms with Gasteiger partial charge < -0.3 is 11.1 Å². The monoisotopic (exact) mass is 323 g/mol. The van der Waals surface area contributed by atoms with E-state index in [0.29, 0.717) is 12.0 Å². The average molecular weight is 323 g/mol. The van der Waals surface area contributed by atoms with E-state index >= 15 is 0 Å². The zero-order chi connectivity index (χ0) is 16.7. The lowest BCUT2D eigenvalue weighted by Crippen LogP contribution is -2.21. The van der Waals surface area contributed by atoms with Gasteiger partial charge in [0.2, 0.25) is 5.95 Å². The smallest absolute Gasteiger partial charge is 0.223 e. The van der Waals surface area contributed by atoms with Crippen LogP contribution in [0.3, 0.4) is 0 Å². The van der Waals surface area contributed by atoms with Gasteiger partial charge in [-0.3, -0.25) is 4.68 Å². The molecule has 2 atom stereocenters. The second-order valence-electron chi connectivity index (χ2n) is 6.45. The maximum atomic E-state index is 5.97. The van der Waals surface area contributed by atoms with Crippen LogP contribution in [0.25, 0.3) is 22.4 Å². The Balaban J connectivity index is 1.64. The highest BCUT2D eigenvalue weighted by atomic mass is 15.3. The Morgan fingerprint density at radius 2 is 2.00 bits per heavy atom. The summed E-state index contributed by atoms with van der Waals surface area (Å²) >= 11 is 0. The fourth-order valence-electron chi connectivity index (χ4n) is 3.23. The van der Waals surface area contributed by atoms with Crippen LogP contribution in [0.15, 0.2) is 24.4 Å². The molecule has 0 saturated heterocycles. The van der Waals surface area contributed by atoms with Crippen LogP contribution < -0.4 is 11.1 Å². The highest BCUT2D eigenvalue weighted by Crippen LogP contribution is 2.23. The number of anilines is 1. The Labute approximate surface area is 140 Å². The Hall–Kier alpha value is -2.54. The Kier molecular flexibility index (Phi) is 3.65. The molecular weight excluding hydrogens is 302 g/mol. The summed E-state index contributed by atoms with van der Waals surface area (Å²) in [6.45, 7) is 2.02. The van der Waals surface area contributed by atoms with Gasteiger partial charge in [0.25, 0.3) is 0 Å². The first-order valence-electron chi connectivity index (χ1n) is 8.26. The van der Waals surface area contributed by atoms with Gasteiger partial charge in [0.05, 0.1) is 17.1 Å². The summed E-state index contributed by atoms with van der Waals surface area (Å²) in [5, 5.41) is 7.83. The molecule has 7 nitrogen and oxygen atoms in total. The molecule has 0 spiro atoms. The second kappa shape index (κ2) is 5.83. The predicted octanol–water partition coefficient (Wildman–Crippen LogP) is 2.03. The van der Waals surface area contributed by atoms with Crippen molar-refractivity contribution in [2.75, 3.05) is 5.32 Å². The van der Waals surface area contributed by atoms with E-state index in [1.807, 2.05) is 36.9 Å². The highest BCUT2D eigenvalue weighted by molar-refractivity contribution is 5.79. The standard InChI is InChI=1S/C17H21N7/c1-10-16-15(23-24(10)2)6-5-13(21-16)14-7-8-19-17(22-14)20-12-4-3-11(18)9-12/h5-8,11-12H,3-4,9,18H2,1-2H3,(H,19,20,22)/t11-,12-/m0/s1. The topological polar surface area (TPSA) is 94.5 Å². The van der Waals surface area contributed by atoms with E-state index in [2.05, 4.69) is 20.4 Å². The van der Waals surface area contributed by atoms with Crippen LogP contribution in [-0.2, 0) is 7.05 Å². The van der Waals surface area contributed by atoms with Gasteiger partial charge in [0.15, 0.2) is 0 Å². The van der Waals surface area contributed by atoms with Crippen molar-refractivity contribution in [2.45, 2.75) is 38.3 Å². The van der Waals surface area contributed by atoms with E-state index in [9.17, 15) is 0 Å². The fourth-order valence-corrected chi connectivity index (χ4v) is 3.23. The Bertz CT molecular complexity index is 886. The summed E-state index contributed by atoms with van der Waals surface area (Å²) in [4.78, 5) is 13.7. The van der Waals surface area contributed by atoms with E-state index in [-0.39, 0.29) is 6.04 Å². The van der Waals surface area contributed by atoms with Crippen molar-refractivity contribution in [3.63, 3.8) is 0 Å². The number of nitrogens with one attached hydrogen (secondary N) is 1. The number of hydrogen-bond acceptors (Lipinski definition) is 6. The molecule has 7 heteroatoms. The van der Waals surface area contributed by atoms with E-state index in [1.165, 1.54) is 0 Å². The summed E-state index contributed by atoms with van der Waals surface area (Å²) in [5.74, 6) is 0.636. The van der Waals surface area contributed by atoms with Crippen LogP contribution in [0, 0.1) is 6.92 Å². The van der Waals surface area contributed by atoms with Gasteiger partial charge in [-0.15, -0.1) is 0 Å². The van der Waals surface area contributed by atoms with Crippen molar-refractivity contribution >= 4 is 17.0 Å². The van der Waals surface area contributed by atoms with Gasteiger partial charge >= 0.3 is 0 Å². The van der Waals surface area contributed by atoms with Crippen LogP contribution >= 0.6 is 0 Å². The van der Waals surface area contributed by atoms with E-state index in [1.54, 1.807) is 6.20 Å². The first kappa shape index (κ1) is 15.0. The van der Waals surface area contributed by atoms with Gasteiger partial charge in [0, 0.05) is 25.3 Å². The minimum atomic E-state index is 0.281. The molecule has 3 heterocycles. The highest BCUT2D eigenvalue weighted by Gasteiger charge is 2.22. The van der Waals surface area contributed by atoms with Crippen LogP contribution in [0.1, 0.15) is 25.0 Å². The maximum absolute atomic E-state index is 5.97. The van der Waals surface area contributed by atoms with Gasteiger partial charge in [-0.2, -0.15) is 5.10 Å². The first-order chi connectivity index (χ1) is 11.6. The van der Waals surface area contributed by atoms with Gasteiger partial charge in [-0.1, -0.05) is 0 Å². The molecule has 1 fully saturated rings. The molecule has 0 radical (unpaired) electrons.